The van der Waals surface area contributed by atoms with E-state index in [1.807, 2.05) is 48.5 Å². The predicted octanol–water partition coefficient (Wildman–Crippen LogP) is 4.17. The van der Waals surface area contributed by atoms with Crippen molar-refractivity contribution in [3.63, 3.8) is 0 Å². The van der Waals surface area contributed by atoms with Crippen molar-refractivity contribution in [1.82, 2.24) is 14.8 Å². The zero-order valence-electron chi connectivity index (χ0n) is 21.7. The van der Waals surface area contributed by atoms with Gasteiger partial charge in [-0.2, -0.15) is 10.5 Å². The molecule has 1 aliphatic heterocycles. The number of H-pyrrole nitrogens is 1. The molecule has 5 rings (SSSR count). The van der Waals surface area contributed by atoms with Gasteiger partial charge in [0, 0.05) is 44.7 Å². The second-order valence-electron chi connectivity index (χ2n) is 9.72. The van der Waals surface area contributed by atoms with E-state index in [2.05, 4.69) is 45.1 Å². The Morgan fingerprint density at radius 1 is 0.872 bits per heavy atom. The quantitative estimate of drug-likeness (QED) is 0.322. The summed E-state index contributed by atoms with van der Waals surface area (Å²) in [5.74, 6) is 1.36. The lowest BCUT2D eigenvalue weighted by Gasteiger charge is -2.35. The Morgan fingerprint density at radius 2 is 1.56 bits per heavy atom. The highest BCUT2D eigenvalue weighted by atomic mass is 16.5. The Hall–Kier alpha value is -4.34. The number of ether oxygens (including phenoxy) is 2. The first-order valence-electron chi connectivity index (χ1n) is 13.1. The molecule has 2 heterocycles. The number of nitrogens with zero attached hydrogens (tertiary/aromatic N) is 4. The maximum atomic E-state index is 10.6. The van der Waals surface area contributed by atoms with Gasteiger partial charge in [0.1, 0.15) is 42.0 Å². The van der Waals surface area contributed by atoms with E-state index in [-0.39, 0.29) is 13.2 Å². The smallest absolute Gasteiger partial charge is 0.174 e. The first-order chi connectivity index (χ1) is 19.1. The topological polar surface area (TPSA) is 109 Å². The van der Waals surface area contributed by atoms with E-state index in [1.54, 1.807) is 6.07 Å². The number of aromatic nitrogens is 1. The Bertz CT molecular complexity index is 1460. The maximum absolute atomic E-state index is 10.6. The number of aliphatic hydroxyl groups is 1. The molecule has 0 bridgehead atoms. The fraction of sp³-hybridized carbons (Fsp3) is 0.290. The number of piperazine rings is 1. The van der Waals surface area contributed by atoms with Crippen molar-refractivity contribution in [3.05, 3.63) is 84.1 Å². The van der Waals surface area contributed by atoms with Crippen LogP contribution in [0.4, 0.5) is 0 Å². The Balaban J connectivity index is 1.06. The van der Waals surface area contributed by atoms with Crippen molar-refractivity contribution in [1.29, 1.82) is 10.5 Å². The summed E-state index contributed by atoms with van der Waals surface area (Å²) in [6.45, 7) is 5.39. The molecule has 1 saturated heterocycles. The fourth-order valence-electron chi connectivity index (χ4n) is 4.90. The molecule has 3 aromatic carbocycles. The van der Waals surface area contributed by atoms with Crippen molar-refractivity contribution >= 4 is 10.9 Å². The highest BCUT2D eigenvalue weighted by molar-refractivity contribution is 5.87. The fourth-order valence-corrected chi connectivity index (χ4v) is 4.90. The van der Waals surface area contributed by atoms with Gasteiger partial charge in [0.05, 0.1) is 5.52 Å². The molecule has 2 N–H and O–H groups in total. The first kappa shape index (κ1) is 26.3. The number of fused-ring (bicyclic) bond motifs is 1. The number of nitriles is 2. The van der Waals surface area contributed by atoms with E-state index in [4.69, 9.17) is 20.0 Å². The van der Waals surface area contributed by atoms with Crippen LogP contribution in [0.25, 0.3) is 22.0 Å². The minimum Gasteiger partial charge on any atom is -0.490 e. The zero-order chi connectivity index (χ0) is 27.0. The van der Waals surface area contributed by atoms with E-state index in [0.29, 0.717) is 23.7 Å². The van der Waals surface area contributed by atoms with Crippen LogP contribution >= 0.6 is 0 Å². The number of rotatable bonds is 10. The molecular formula is C31H31N5O3. The standard InChI is InChI=1S/C31H31N5O3/c32-12-17-38-28-10-8-25(9-11-28)24-6-4-23(5-7-24)20-35-13-15-36(16-14-35)21-27(37)22-39-31-3-1-2-30-29(31)18-26(19-33)34-30/h1-11,18,27,34,37H,13-17,20-22H2. The molecule has 1 atom stereocenters. The van der Waals surface area contributed by atoms with E-state index in [1.165, 1.54) is 5.56 Å². The molecule has 1 aliphatic rings. The van der Waals surface area contributed by atoms with Crippen molar-refractivity contribution in [2.75, 3.05) is 45.9 Å². The molecule has 0 amide bonds. The number of hydrogen-bond donors (Lipinski definition) is 2. The van der Waals surface area contributed by atoms with Gasteiger partial charge in [-0.25, -0.2) is 0 Å². The van der Waals surface area contributed by atoms with Gasteiger partial charge in [-0.15, -0.1) is 0 Å². The van der Waals surface area contributed by atoms with Crippen molar-refractivity contribution < 1.29 is 14.6 Å². The molecule has 0 radical (unpaired) electrons. The number of hydrogen-bond acceptors (Lipinski definition) is 7. The third kappa shape index (κ3) is 6.76. The van der Waals surface area contributed by atoms with Gasteiger partial charge in [-0.1, -0.05) is 42.5 Å². The minimum absolute atomic E-state index is 0.0503. The third-order valence-corrected chi connectivity index (χ3v) is 6.96. The summed E-state index contributed by atoms with van der Waals surface area (Å²) >= 11 is 0. The summed E-state index contributed by atoms with van der Waals surface area (Å²) in [7, 11) is 0. The molecule has 198 valence electrons. The molecular weight excluding hydrogens is 490 g/mol. The average Bonchev–Trinajstić information content (AvgIpc) is 3.41. The van der Waals surface area contributed by atoms with Gasteiger partial charge in [-0.05, 0) is 47.0 Å². The molecule has 1 aromatic heterocycles. The molecule has 8 heteroatoms. The van der Waals surface area contributed by atoms with Gasteiger partial charge in [-0.3, -0.25) is 9.80 Å². The van der Waals surface area contributed by atoms with Gasteiger partial charge in [0.15, 0.2) is 6.61 Å². The highest BCUT2D eigenvalue weighted by Gasteiger charge is 2.20. The Kier molecular flexibility index (Phi) is 8.40. The molecule has 1 unspecified atom stereocenters. The van der Waals surface area contributed by atoms with Gasteiger partial charge in [0.25, 0.3) is 0 Å². The lowest BCUT2D eigenvalue weighted by atomic mass is 10.0. The van der Waals surface area contributed by atoms with Crippen LogP contribution in [-0.4, -0.2) is 71.9 Å². The van der Waals surface area contributed by atoms with Crippen LogP contribution in [0.3, 0.4) is 0 Å². The van der Waals surface area contributed by atoms with E-state index < -0.39 is 6.10 Å². The molecule has 8 nitrogen and oxygen atoms in total. The second-order valence-corrected chi connectivity index (χ2v) is 9.72. The van der Waals surface area contributed by atoms with Crippen molar-refractivity contribution in [2.45, 2.75) is 12.6 Å². The lowest BCUT2D eigenvalue weighted by molar-refractivity contribution is 0.0450. The maximum Gasteiger partial charge on any atom is 0.174 e. The van der Waals surface area contributed by atoms with Crippen molar-refractivity contribution in [3.8, 4) is 34.8 Å². The number of nitrogens with one attached hydrogen (secondary N) is 1. The summed E-state index contributed by atoms with van der Waals surface area (Å²) in [5, 5.41) is 29.2. The predicted molar refractivity (Wildman–Crippen MR) is 149 cm³/mol. The van der Waals surface area contributed by atoms with Crippen molar-refractivity contribution in [2.24, 2.45) is 0 Å². The second kappa shape index (κ2) is 12.5. The third-order valence-electron chi connectivity index (χ3n) is 6.96. The summed E-state index contributed by atoms with van der Waals surface area (Å²) < 4.78 is 11.2. The minimum atomic E-state index is -0.597. The van der Waals surface area contributed by atoms with Crippen LogP contribution in [0.15, 0.2) is 72.8 Å². The first-order valence-corrected chi connectivity index (χ1v) is 13.1. The van der Waals surface area contributed by atoms with E-state index in [9.17, 15) is 5.11 Å². The van der Waals surface area contributed by atoms with Crippen LogP contribution in [0.5, 0.6) is 11.5 Å². The van der Waals surface area contributed by atoms with E-state index in [0.717, 1.165) is 54.8 Å². The largest absolute Gasteiger partial charge is 0.490 e. The number of aromatic amines is 1. The molecule has 0 saturated carbocycles. The Labute approximate surface area is 228 Å². The average molecular weight is 522 g/mol. The molecule has 1 fully saturated rings. The monoisotopic (exact) mass is 521 g/mol. The summed E-state index contributed by atoms with van der Waals surface area (Å²) in [6.07, 6.45) is -0.597. The van der Waals surface area contributed by atoms with Crippen LogP contribution in [0.1, 0.15) is 11.3 Å². The van der Waals surface area contributed by atoms with Gasteiger partial charge >= 0.3 is 0 Å². The van der Waals surface area contributed by atoms with Crippen LogP contribution in [-0.2, 0) is 6.54 Å². The molecule has 0 aliphatic carbocycles. The lowest BCUT2D eigenvalue weighted by Crippen LogP contribution is -2.48. The summed E-state index contributed by atoms with van der Waals surface area (Å²) in [4.78, 5) is 7.77. The summed E-state index contributed by atoms with van der Waals surface area (Å²) in [6, 6.07) is 27.9. The van der Waals surface area contributed by atoms with Gasteiger partial charge < -0.3 is 19.6 Å². The molecule has 0 spiro atoms. The number of β-amino-alcohol motifs (C(OH)–C–C–N with tert-alkyl or cyclic N) is 1. The van der Waals surface area contributed by atoms with E-state index >= 15 is 0 Å². The SMILES string of the molecule is N#CCOc1ccc(-c2ccc(CN3CCN(CC(O)COc4cccc5[nH]c(C#N)cc45)CC3)cc2)cc1. The van der Waals surface area contributed by atoms with Gasteiger partial charge in [0.2, 0.25) is 0 Å². The zero-order valence-corrected chi connectivity index (χ0v) is 21.7. The normalized spacial score (nSPS) is 14.9. The Morgan fingerprint density at radius 3 is 2.26 bits per heavy atom. The van der Waals surface area contributed by atoms with Crippen LogP contribution < -0.4 is 9.47 Å². The summed E-state index contributed by atoms with van der Waals surface area (Å²) in [5.41, 5.74) is 4.86. The molecule has 4 aromatic rings. The number of benzene rings is 3. The van der Waals surface area contributed by atoms with Crippen LogP contribution in [0, 0.1) is 22.7 Å². The number of aliphatic hydroxyl groups excluding tert-OH is 1. The van der Waals surface area contributed by atoms with Crippen LogP contribution in [0.2, 0.25) is 0 Å². The molecule has 39 heavy (non-hydrogen) atoms. The highest BCUT2D eigenvalue weighted by Crippen LogP contribution is 2.26.